The van der Waals surface area contributed by atoms with Crippen LogP contribution in [0, 0.1) is 5.92 Å². The first kappa shape index (κ1) is 22.3. The van der Waals surface area contributed by atoms with Crippen LogP contribution in [0.3, 0.4) is 0 Å². The van der Waals surface area contributed by atoms with Gasteiger partial charge in [-0.25, -0.2) is 0 Å². The first-order valence-corrected chi connectivity index (χ1v) is 9.66. The summed E-state index contributed by atoms with van der Waals surface area (Å²) in [5.74, 6) is -1.95. The molecule has 0 aromatic heterocycles. The highest BCUT2D eigenvalue weighted by Crippen LogP contribution is 2.20. The zero-order valence-corrected chi connectivity index (χ0v) is 16.9. The van der Waals surface area contributed by atoms with Gasteiger partial charge in [-0.3, -0.25) is 30.0 Å². The fraction of sp³-hybridized carbons (Fsp3) is 0.421. The largest absolute Gasteiger partial charge is 0.466 e. The standard InChI is InChI=1S/C19H24N4O5S/c1-2-28-17(26)9-8-15(24)20-19(29)22-21-18(27)14-10-16(25)23(12-14)11-13-6-4-3-5-7-13/h3-7,14H,2,8-12H2,1H3,(H,21,27)(H2,20,22,24,29). The number of carbonyl (C=O) groups is 4. The molecule has 29 heavy (non-hydrogen) atoms. The van der Waals surface area contributed by atoms with E-state index in [9.17, 15) is 19.2 Å². The summed E-state index contributed by atoms with van der Waals surface area (Å²) in [5.41, 5.74) is 5.83. The third-order valence-electron chi connectivity index (χ3n) is 4.22. The van der Waals surface area contributed by atoms with E-state index in [2.05, 4.69) is 16.2 Å². The lowest BCUT2D eigenvalue weighted by atomic mass is 10.1. The molecule has 156 valence electrons. The van der Waals surface area contributed by atoms with Gasteiger partial charge in [0.25, 0.3) is 0 Å². The minimum Gasteiger partial charge on any atom is -0.466 e. The van der Waals surface area contributed by atoms with E-state index < -0.39 is 23.7 Å². The Kier molecular flexibility index (Phi) is 8.53. The maximum atomic E-state index is 12.3. The molecule has 1 fully saturated rings. The highest BCUT2D eigenvalue weighted by Gasteiger charge is 2.34. The van der Waals surface area contributed by atoms with Crippen molar-refractivity contribution in [3.8, 4) is 0 Å². The summed E-state index contributed by atoms with van der Waals surface area (Å²) >= 11 is 4.94. The molecule has 2 rings (SSSR count). The van der Waals surface area contributed by atoms with E-state index in [-0.39, 0.29) is 36.9 Å². The Hall–Kier alpha value is -3.01. The molecule has 1 heterocycles. The molecular formula is C19H24N4O5S. The van der Waals surface area contributed by atoms with Gasteiger partial charge in [-0.1, -0.05) is 30.3 Å². The SMILES string of the molecule is CCOC(=O)CCC(=O)NC(=S)NNC(=O)C1CC(=O)N(Cc2ccccc2)C1. The minimum absolute atomic E-state index is 0.0594. The van der Waals surface area contributed by atoms with Crippen molar-refractivity contribution in [1.29, 1.82) is 0 Å². The fourth-order valence-electron chi connectivity index (χ4n) is 2.79. The monoisotopic (exact) mass is 420 g/mol. The average Bonchev–Trinajstić information content (AvgIpc) is 3.06. The van der Waals surface area contributed by atoms with Gasteiger partial charge in [0.1, 0.15) is 0 Å². The van der Waals surface area contributed by atoms with Crippen molar-refractivity contribution < 1.29 is 23.9 Å². The normalized spacial score (nSPS) is 15.6. The maximum Gasteiger partial charge on any atom is 0.306 e. The first-order chi connectivity index (χ1) is 13.9. The van der Waals surface area contributed by atoms with Gasteiger partial charge in [0, 0.05) is 25.9 Å². The predicted octanol–water partition coefficient (Wildman–Crippen LogP) is 0.400. The molecule has 0 radical (unpaired) electrons. The van der Waals surface area contributed by atoms with Crippen molar-refractivity contribution in [3.05, 3.63) is 35.9 Å². The van der Waals surface area contributed by atoms with Crippen molar-refractivity contribution >= 4 is 41.0 Å². The molecule has 0 bridgehead atoms. The third kappa shape index (κ3) is 7.49. The van der Waals surface area contributed by atoms with Crippen LogP contribution in [0.25, 0.3) is 0 Å². The molecule has 1 aliphatic rings. The molecular weight excluding hydrogens is 396 g/mol. The van der Waals surface area contributed by atoms with Crippen molar-refractivity contribution in [2.75, 3.05) is 13.2 Å². The summed E-state index contributed by atoms with van der Waals surface area (Å²) in [6.45, 7) is 2.68. The minimum atomic E-state index is -0.513. The van der Waals surface area contributed by atoms with E-state index in [4.69, 9.17) is 17.0 Å². The number of esters is 1. The van der Waals surface area contributed by atoms with Crippen LogP contribution in [0.4, 0.5) is 0 Å². The van der Waals surface area contributed by atoms with Gasteiger partial charge in [-0.05, 0) is 24.7 Å². The lowest BCUT2D eigenvalue weighted by Gasteiger charge is -2.17. The first-order valence-electron chi connectivity index (χ1n) is 9.26. The predicted molar refractivity (Wildman–Crippen MR) is 108 cm³/mol. The highest BCUT2D eigenvalue weighted by atomic mass is 32.1. The van der Waals surface area contributed by atoms with E-state index >= 15 is 0 Å². The second-order valence-electron chi connectivity index (χ2n) is 6.46. The molecule has 1 unspecified atom stereocenters. The molecule has 1 aromatic rings. The van der Waals surface area contributed by atoms with Crippen LogP contribution >= 0.6 is 12.2 Å². The molecule has 3 N–H and O–H groups in total. The van der Waals surface area contributed by atoms with Gasteiger partial charge >= 0.3 is 5.97 Å². The van der Waals surface area contributed by atoms with Crippen LogP contribution in [0.15, 0.2) is 30.3 Å². The Labute approximate surface area is 174 Å². The van der Waals surface area contributed by atoms with Crippen LogP contribution < -0.4 is 16.2 Å². The number of carbonyl (C=O) groups excluding carboxylic acids is 4. The van der Waals surface area contributed by atoms with Crippen molar-refractivity contribution in [2.45, 2.75) is 32.7 Å². The maximum absolute atomic E-state index is 12.3. The zero-order valence-electron chi connectivity index (χ0n) is 16.1. The molecule has 0 spiro atoms. The van der Waals surface area contributed by atoms with E-state index in [0.29, 0.717) is 13.1 Å². The lowest BCUT2D eigenvalue weighted by molar-refractivity contribution is -0.144. The van der Waals surface area contributed by atoms with Gasteiger partial charge in [0.05, 0.1) is 18.9 Å². The molecule has 3 amide bonds. The topological polar surface area (TPSA) is 117 Å². The summed E-state index contributed by atoms with van der Waals surface area (Å²) in [6, 6.07) is 9.53. The smallest absolute Gasteiger partial charge is 0.306 e. The van der Waals surface area contributed by atoms with Crippen LogP contribution in [0.2, 0.25) is 0 Å². The summed E-state index contributed by atoms with van der Waals surface area (Å²) in [6.07, 6.45) is -0.0325. The van der Waals surface area contributed by atoms with E-state index in [1.54, 1.807) is 11.8 Å². The summed E-state index contributed by atoms with van der Waals surface area (Å²) < 4.78 is 4.73. The molecule has 0 saturated carbocycles. The number of nitrogens with zero attached hydrogens (tertiary/aromatic N) is 1. The molecule has 0 aliphatic carbocycles. The number of likely N-dealkylation sites (tertiary alicyclic amines) is 1. The molecule has 1 saturated heterocycles. The molecule has 10 heteroatoms. The summed E-state index contributed by atoms with van der Waals surface area (Å²) in [4.78, 5) is 49.0. The van der Waals surface area contributed by atoms with Crippen LogP contribution in [0.5, 0.6) is 0 Å². The Morgan fingerprint density at radius 1 is 1.17 bits per heavy atom. The number of amides is 3. The van der Waals surface area contributed by atoms with Crippen LogP contribution in [-0.2, 0) is 30.5 Å². The number of thiocarbonyl (C=S) groups is 1. The number of benzene rings is 1. The number of ether oxygens (including phenoxy) is 1. The average molecular weight is 420 g/mol. The second kappa shape index (κ2) is 11.1. The van der Waals surface area contributed by atoms with E-state index in [0.717, 1.165) is 5.56 Å². The van der Waals surface area contributed by atoms with Gasteiger partial charge < -0.3 is 15.0 Å². The van der Waals surface area contributed by atoms with E-state index in [1.807, 2.05) is 30.3 Å². The van der Waals surface area contributed by atoms with Gasteiger partial charge in [0.2, 0.25) is 17.7 Å². The number of hydrogen-bond donors (Lipinski definition) is 3. The zero-order chi connectivity index (χ0) is 21.2. The van der Waals surface area contributed by atoms with Gasteiger partial charge in [-0.2, -0.15) is 0 Å². The lowest BCUT2D eigenvalue weighted by Crippen LogP contribution is -2.50. The number of nitrogens with one attached hydrogen (secondary N) is 3. The Morgan fingerprint density at radius 3 is 2.59 bits per heavy atom. The highest BCUT2D eigenvalue weighted by molar-refractivity contribution is 7.80. The van der Waals surface area contributed by atoms with Crippen LogP contribution in [-0.4, -0.2) is 46.9 Å². The van der Waals surface area contributed by atoms with Crippen molar-refractivity contribution in [3.63, 3.8) is 0 Å². The van der Waals surface area contributed by atoms with Gasteiger partial charge in [-0.15, -0.1) is 0 Å². The Balaban J connectivity index is 1.70. The quantitative estimate of drug-likeness (QED) is 0.332. The fourth-order valence-corrected chi connectivity index (χ4v) is 2.96. The number of hydrazine groups is 1. The molecule has 9 nitrogen and oxygen atoms in total. The second-order valence-corrected chi connectivity index (χ2v) is 6.87. The molecule has 1 aromatic carbocycles. The number of rotatable bonds is 7. The molecule has 1 aliphatic heterocycles. The third-order valence-corrected chi connectivity index (χ3v) is 4.42. The van der Waals surface area contributed by atoms with Crippen molar-refractivity contribution in [1.82, 2.24) is 21.1 Å². The van der Waals surface area contributed by atoms with Crippen LogP contribution in [0.1, 0.15) is 31.7 Å². The van der Waals surface area contributed by atoms with Gasteiger partial charge in [0.15, 0.2) is 5.11 Å². The summed E-state index contributed by atoms with van der Waals surface area (Å²) in [7, 11) is 0. The van der Waals surface area contributed by atoms with E-state index in [1.165, 1.54) is 0 Å². The Morgan fingerprint density at radius 2 is 1.90 bits per heavy atom. The number of hydrogen-bond acceptors (Lipinski definition) is 6. The van der Waals surface area contributed by atoms with Crippen molar-refractivity contribution in [2.24, 2.45) is 5.92 Å². The molecule has 1 atom stereocenters. The summed E-state index contributed by atoms with van der Waals surface area (Å²) in [5, 5.41) is 2.26. The Bertz CT molecular complexity index is 771.